The maximum atomic E-state index is 11.5. The lowest BCUT2D eigenvalue weighted by atomic mass is 10.0. The first-order chi connectivity index (χ1) is 6.65. The van der Waals surface area contributed by atoms with Gasteiger partial charge in [-0.1, -0.05) is 0 Å². The van der Waals surface area contributed by atoms with Crippen LogP contribution in [0.4, 0.5) is 0 Å². The molecule has 0 N–H and O–H groups in total. The first kappa shape index (κ1) is 11.8. The molecule has 0 saturated carbocycles. The van der Waals surface area contributed by atoms with Gasteiger partial charge in [-0.2, -0.15) is 0 Å². The molecule has 1 amide bonds. The molecule has 1 fully saturated rings. The zero-order valence-electron chi connectivity index (χ0n) is 9.00. The molecule has 1 rings (SSSR count). The van der Waals surface area contributed by atoms with Crippen LogP contribution in [0.5, 0.6) is 0 Å². The third kappa shape index (κ3) is 3.14. The van der Waals surface area contributed by atoms with Crippen LogP contribution < -0.4 is 0 Å². The number of halogens is 1. The van der Waals surface area contributed by atoms with Crippen molar-refractivity contribution in [3.8, 4) is 0 Å². The number of hydrogen-bond acceptors (Lipinski definition) is 2. The van der Waals surface area contributed by atoms with Gasteiger partial charge in [-0.3, -0.25) is 4.79 Å². The number of likely N-dealkylation sites (N-methyl/N-ethyl adjacent to an activating group) is 1. The number of nitrogens with zero attached hydrogens (tertiary/aromatic N) is 2. The van der Waals surface area contributed by atoms with Gasteiger partial charge in [0.25, 0.3) is 0 Å². The smallest absolute Gasteiger partial charge is 0.237 e. The summed E-state index contributed by atoms with van der Waals surface area (Å²) in [5, 5.41) is 0. The summed E-state index contributed by atoms with van der Waals surface area (Å²) in [6, 6.07) is 0.366. The Bertz CT molecular complexity index is 197. The van der Waals surface area contributed by atoms with E-state index >= 15 is 0 Å². The fourth-order valence-electron chi connectivity index (χ4n) is 2.02. The summed E-state index contributed by atoms with van der Waals surface area (Å²) in [6.45, 7) is 1.83. The van der Waals surface area contributed by atoms with Crippen molar-refractivity contribution in [3.63, 3.8) is 0 Å². The molecule has 0 unspecified atom stereocenters. The van der Waals surface area contributed by atoms with Crippen molar-refractivity contribution in [1.82, 2.24) is 9.80 Å². The molecule has 0 aromatic carbocycles. The van der Waals surface area contributed by atoms with Gasteiger partial charge in [0.2, 0.25) is 5.91 Å². The molecular weight excluding hydrogens is 200 g/mol. The number of amides is 1. The molecule has 82 valence electrons. The zero-order valence-corrected chi connectivity index (χ0v) is 9.76. The molecule has 1 aliphatic heterocycles. The molecule has 0 spiro atoms. The monoisotopic (exact) mass is 218 g/mol. The van der Waals surface area contributed by atoms with E-state index in [0.29, 0.717) is 6.04 Å². The summed E-state index contributed by atoms with van der Waals surface area (Å²) in [5.41, 5.74) is 0. The molecule has 1 atom stereocenters. The van der Waals surface area contributed by atoms with Gasteiger partial charge < -0.3 is 9.80 Å². The molecule has 4 heteroatoms. The minimum atomic E-state index is 0.0817. The molecule has 0 aliphatic carbocycles. The van der Waals surface area contributed by atoms with Gasteiger partial charge in [0.1, 0.15) is 5.88 Å². The number of alkyl halides is 1. The minimum absolute atomic E-state index is 0.0817. The fourth-order valence-corrected chi connectivity index (χ4v) is 2.17. The topological polar surface area (TPSA) is 23.6 Å². The number of hydrogen-bond donors (Lipinski definition) is 0. The van der Waals surface area contributed by atoms with Crippen molar-refractivity contribution >= 4 is 17.5 Å². The highest BCUT2D eigenvalue weighted by Crippen LogP contribution is 2.17. The fraction of sp³-hybridized carbons (Fsp3) is 0.900. The third-order valence-corrected chi connectivity index (χ3v) is 2.87. The number of carbonyl (C=O) groups is 1. The molecule has 1 heterocycles. The van der Waals surface area contributed by atoms with Gasteiger partial charge >= 0.3 is 0 Å². The maximum absolute atomic E-state index is 11.5. The Hall–Kier alpha value is -0.280. The molecule has 1 aliphatic rings. The van der Waals surface area contributed by atoms with Gasteiger partial charge in [0.05, 0.1) is 0 Å². The van der Waals surface area contributed by atoms with E-state index < -0.39 is 0 Å². The first-order valence-electron chi connectivity index (χ1n) is 5.15. The number of likely N-dealkylation sites (tertiary alicyclic amines) is 1. The van der Waals surface area contributed by atoms with E-state index in [1.807, 2.05) is 19.0 Å². The number of rotatable bonds is 3. The molecule has 14 heavy (non-hydrogen) atoms. The van der Waals surface area contributed by atoms with E-state index in [9.17, 15) is 4.79 Å². The standard InChI is InChI=1S/C10H19ClN2O/c1-12(2)8-9-5-3-4-6-13(9)10(14)7-11/h9H,3-8H2,1-2H3/t9-/m0/s1. The van der Waals surface area contributed by atoms with Crippen molar-refractivity contribution in [3.05, 3.63) is 0 Å². The quantitative estimate of drug-likeness (QED) is 0.664. The lowest BCUT2D eigenvalue weighted by molar-refractivity contribution is -0.132. The van der Waals surface area contributed by atoms with Gasteiger partial charge in [-0.05, 0) is 33.4 Å². The van der Waals surface area contributed by atoms with Crippen LogP contribution in [0.15, 0.2) is 0 Å². The summed E-state index contributed by atoms with van der Waals surface area (Å²) in [5.74, 6) is 0.197. The van der Waals surface area contributed by atoms with Crippen molar-refractivity contribution in [2.24, 2.45) is 0 Å². The van der Waals surface area contributed by atoms with Gasteiger partial charge in [0.15, 0.2) is 0 Å². The van der Waals surface area contributed by atoms with Crippen LogP contribution in [0, 0.1) is 0 Å². The van der Waals surface area contributed by atoms with Crippen molar-refractivity contribution in [2.45, 2.75) is 25.3 Å². The SMILES string of the molecule is CN(C)C[C@@H]1CCCCN1C(=O)CCl. The van der Waals surface area contributed by atoms with Crippen LogP contribution in [0.1, 0.15) is 19.3 Å². The van der Waals surface area contributed by atoms with E-state index in [4.69, 9.17) is 11.6 Å². The van der Waals surface area contributed by atoms with Gasteiger partial charge in [-0.15, -0.1) is 11.6 Å². The molecule has 0 bridgehead atoms. The highest BCUT2D eigenvalue weighted by molar-refractivity contribution is 6.27. The Morgan fingerprint density at radius 3 is 2.79 bits per heavy atom. The molecule has 0 aromatic rings. The van der Waals surface area contributed by atoms with E-state index in [-0.39, 0.29) is 11.8 Å². The first-order valence-corrected chi connectivity index (χ1v) is 5.68. The Kier molecular flexibility index (Phi) is 4.69. The average Bonchev–Trinajstić information content (AvgIpc) is 2.16. The molecular formula is C10H19ClN2O. The highest BCUT2D eigenvalue weighted by Gasteiger charge is 2.25. The summed E-state index contributed by atoms with van der Waals surface area (Å²) >= 11 is 5.58. The normalized spacial score (nSPS) is 22.9. The summed E-state index contributed by atoms with van der Waals surface area (Å²) < 4.78 is 0. The predicted octanol–water partition coefficient (Wildman–Crippen LogP) is 1.17. The lowest BCUT2D eigenvalue weighted by Gasteiger charge is -2.36. The molecule has 1 saturated heterocycles. The second kappa shape index (κ2) is 5.56. The van der Waals surface area contributed by atoms with E-state index in [1.165, 1.54) is 6.42 Å². The predicted molar refractivity (Wildman–Crippen MR) is 58.6 cm³/mol. The van der Waals surface area contributed by atoms with E-state index in [2.05, 4.69) is 4.90 Å². The van der Waals surface area contributed by atoms with Crippen LogP contribution >= 0.6 is 11.6 Å². The minimum Gasteiger partial charge on any atom is -0.337 e. The lowest BCUT2D eigenvalue weighted by Crippen LogP contribution is -2.48. The molecule has 3 nitrogen and oxygen atoms in total. The second-order valence-corrected chi connectivity index (χ2v) is 4.40. The Labute approximate surface area is 91.0 Å². The van der Waals surface area contributed by atoms with Crippen LogP contribution in [0.3, 0.4) is 0 Å². The van der Waals surface area contributed by atoms with Crippen molar-refractivity contribution in [1.29, 1.82) is 0 Å². The third-order valence-electron chi connectivity index (χ3n) is 2.64. The van der Waals surface area contributed by atoms with Crippen LogP contribution in [-0.2, 0) is 4.79 Å². The van der Waals surface area contributed by atoms with Crippen LogP contribution in [0.25, 0.3) is 0 Å². The van der Waals surface area contributed by atoms with E-state index in [0.717, 1.165) is 25.9 Å². The summed E-state index contributed by atoms with van der Waals surface area (Å²) in [7, 11) is 4.08. The summed E-state index contributed by atoms with van der Waals surface area (Å²) in [4.78, 5) is 15.6. The van der Waals surface area contributed by atoms with Gasteiger partial charge in [-0.25, -0.2) is 0 Å². The van der Waals surface area contributed by atoms with Gasteiger partial charge in [0, 0.05) is 19.1 Å². The second-order valence-electron chi connectivity index (χ2n) is 4.13. The highest BCUT2D eigenvalue weighted by atomic mass is 35.5. The molecule has 0 radical (unpaired) electrons. The van der Waals surface area contributed by atoms with Crippen molar-refractivity contribution in [2.75, 3.05) is 33.1 Å². The average molecular weight is 219 g/mol. The maximum Gasteiger partial charge on any atom is 0.237 e. The van der Waals surface area contributed by atoms with Crippen molar-refractivity contribution < 1.29 is 4.79 Å². The number of carbonyl (C=O) groups excluding carboxylic acids is 1. The Morgan fingerprint density at radius 2 is 2.21 bits per heavy atom. The Morgan fingerprint density at radius 1 is 1.50 bits per heavy atom. The summed E-state index contributed by atoms with van der Waals surface area (Å²) in [6.07, 6.45) is 3.46. The number of piperidine rings is 1. The van der Waals surface area contributed by atoms with E-state index in [1.54, 1.807) is 0 Å². The Balaban J connectivity index is 2.54. The largest absolute Gasteiger partial charge is 0.337 e. The zero-order chi connectivity index (χ0) is 10.6. The molecule has 0 aromatic heterocycles. The van der Waals surface area contributed by atoms with Crippen LogP contribution in [0.2, 0.25) is 0 Å². The van der Waals surface area contributed by atoms with Crippen LogP contribution in [-0.4, -0.2) is 54.8 Å².